The third-order valence-electron chi connectivity index (χ3n) is 4.75. The van der Waals surface area contributed by atoms with Gasteiger partial charge < -0.3 is 5.32 Å². The summed E-state index contributed by atoms with van der Waals surface area (Å²) >= 11 is 1.25. The van der Waals surface area contributed by atoms with E-state index >= 15 is 0 Å². The lowest BCUT2D eigenvalue weighted by atomic mass is 10.2. The zero-order valence-electron chi connectivity index (χ0n) is 17.2. The first-order chi connectivity index (χ1) is 15.5. The lowest BCUT2D eigenvalue weighted by molar-refractivity contribution is -0.115. The van der Waals surface area contributed by atoms with Gasteiger partial charge in [0.05, 0.1) is 11.8 Å². The number of anilines is 1. The fourth-order valence-electron chi connectivity index (χ4n) is 3.12. The van der Waals surface area contributed by atoms with Crippen molar-refractivity contribution < 1.29 is 13.6 Å². The lowest BCUT2D eigenvalue weighted by Gasteiger charge is -2.14. The standard InChI is InChI=1S/C24H20F2N4OS/c1-16(23(31)27-21-9-5-8-20(26)14-21)32-24-29-28-22(18-10-12-19(25)13-11-18)30(24)15-17-6-3-2-4-7-17/h2-14,16H,15H2,1H3,(H,27,31). The zero-order chi connectivity index (χ0) is 22.5. The zero-order valence-corrected chi connectivity index (χ0v) is 18.0. The summed E-state index contributed by atoms with van der Waals surface area (Å²) in [4.78, 5) is 12.7. The van der Waals surface area contributed by atoms with Crippen LogP contribution in [0.15, 0.2) is 84.0 Å². The quantitative estimate of drug-likeness (QED) is 0.384. The number of nitrogens with zero attached hydrogens (tertiary/aromatic N) is 3. The van der Waals surface area contributed by atoms with Gasteiger partial charge in [0.25, 0.3) is 0 Å². The Labute approximate surface area is 188 Å². The second kappa shape index (κ2) is 9.74. The largest absolute Gasteiger partial charge is 0.325 e. The molecule has 1 heterocycles. The molecule has 5 nitrogen and oxygen atoms in total. The number of benzene rings is 3. The first-order valence-electron chi connectivity index (χ1n) is 9.96. The number of halogens is 2. The number of carbonyl (C=O) groups excluding carboxylic acids is 1. The minimum absolute atomic E-state index is 0.279. The van der Waals surface area contributed by atoms with Crippen LogP contribution in [0.3, 0.4) is 0 Å². The maximum absolute atomic E-state index is 13.4. The van der Waals surface area contributed by atoms with Crippen molar-refractivity contribution >= 4 is 23.4 Å². The Hall–Kier alpha value is -3.52. The van der Waals surface area contributed by atoms with Gasteiger partial charge in [0.15, 0.2) is 11.0 Å². The van der Waals surface area contributed by atoms with E-state index in [-0.39, 0.29) is 11.7 Å². The van der Waals surface area contributed by atoms with Crippen molar-refractivity contribution in [3.63, 3.8) is 0 Å². The summed E-state index contributed by atoms with van der Waals surface area (Å²) in [6.07, 6.45) is 0. The van der Waals surface area contributed by atoms with E-state index in [1.807, 2.05) is 34.9 Å². The van der Waals surface area contributed by atoms with E-state index < -0.39 is 11.1 Å². The molecule has 0 saturated heterocycles. The summed E-state index contributed by atoms with van der Waals surface area (Å²) in [5.41, 5.74) is 2.15. The van der Waals surface area contributed by atoms with Crippen LogP contribution in [0, 0.1) is 11.6 Å². The molecule has 0 aliphatic carbocycles. The molecular formula is C24H20F2N4OS. The van der Waals surface area contributed by atoms with Crippen LogP contribution >= 0.6 is 11.8 Å². The van der Waals surface area contributed by atoms with E-state index in [2.05, 4.69) is 15.5 Å². The topological polar surface area (TPSA) is 59.8 Å². The Kier molecular flexibility index (Phi) is 6.61. The predicted octanol–water partition coefficient (Wildman–Crippen LogP) is 5.39. The minimum atomic E-state index is -0.516. The van der Waals surface area contributed by atoms with Crippen LogP contribution < -0.4 is 5.32 Å². The molecule has 162 valence electrons. The Bertz CT molecular complexity index is 1210. The van der Waals surface area contributed by atoms with Gasteiger partial charge in [-0.1, -0.05) is 48.2 Å². The van der Waals surface area contributed by atoms with Gasteiger partial charge >= 0.3 is 0 Å². The molecule has 4 rings (SSSR count). The van der Waals surface area contributed by atoms with E-state index in [9.17, 15) is 13.6 Å². The van der Waals surface area contributed by atoms with Crippen molar-refractivity contribution in [2.45, 2.75) is 23.9 Å². The highest BCUT2D eigenvalue weighted by Crippen LogP contribution is 2.28. The molecule has 1 aromatic heterocycles. The van der Waals surface area contributed by atoms with Crippen LogP contribution in [-0.2, 0) is 11.3 Å². The summed E-state index contributed by atoms with van der Waals surface area (Å²) < 4.78 is 28.7. The molecule has 0 radical (unpaired) electrons. The summed E-state index contributed by atoms with van der Waals surface area (Å²) in [5, 5.41) is 11.4. The average Bonchev–Trinajstić information content (AvgIpc) is 3.17. The van der Waals surface area contributed by atoms with Gasteiger partial charge in [-0.05, 0) is 55.0 Å². The molecule has 0 bridgehead atoms. The van der Waals surface area contributed by atoms with Crippen molar-refractivity contribution in [2.75, 3.05) is 5.32 Å². The number of rotatable bonds is 7. The molecule has 32 heavy (non-hydrogen) atoms. The molecule has 1 unspecified atom stereocenters. The first-order valence-corrected chi connectivity index (χ1v) is 10.8. The molecule has 8 heteroatoms. The highest BCUT2D eigenvalue weighted by Gasteiger charge is 2.21. The molecule has 1 amide bonds. The molecule has 1 N–H and O–H groups in total. The summed E-state index contributed by atoms with van der Waals surface area (Å²) in [6.45, 7) is 2.24. The molecule has 0 spiro atoms. The van der Waals surface area contributed by atoms with Crippen LogP contribution in [0.5, 0.6) is 0 Å². The molecule has 0 saturated carbocycles. The van der Waals surface area contributed by atoms with Crippen LogP contribution in [0.25, 0.3) is 11.4 Å². The van der Waals surface area contributed by atoms with Gasteiger partial charge in [0.2, 0.25) is 5.91 Å². The predicted molar refractivity (Wildman–Crippen MR) is 121 cm³/mol. The molecule has 4 aromatic rings. The Balaban J connectivity index is 1.59. The highest BCUT2D eigenvalue weighted by molar-refractivity contribution is 8.00. The van der Waals surface area contributed by atoms with Gasteiger partial charge in [-0.15, -0.1) is 10.2 Å². The van der Waals surface area contributed by atoms with Crippen LogP contribution in [0.1, 0.15) is 12.5 Å². The maximum Gasteiger partial charge on any atom is 0.237 e. The monoisotopic (exact) mass is 450 g/mol. The van der Waals surface area contributed by atoms with Crippen LogP contribution in [0.4, 0.5) is 14.5 Å². The smallest absolute Gasteiger partial charge is 0.237 e. The number of carbonyl (C=O) groups is 1. The van der Waals surface area contributed by atoms with Gasteiger partial charge in [-0.2, -0.15) is 0 Å². The number of hydrogen-bond donors (Lipinski definition) is 1. The van der Waals surface area contributed by atoms with Gasteiger partial charge in [0, 0.05) is 11.3 Å². The Morgan fingerprint density at radius 1 is 0.969 bits per heavy atom. The van der Waals surface area contributed by atoms with E-state index in [0.717, 1.165) is 11.1 Å². The van der Waals surface area contributed by atoms with E-state index in [1.165, 1.54) is 42.1 Å². The van der Waals surface area contributed by atoms with Gasteiger partial charge in [-0.25, -0.2) is 8.78 Å². The molecule has 0 fully saturated rings. The average molecular weight is 451 g/mol. The van der Waals surface area contributed by atoms with Gasteiger partial charge in [0.1, 0.15) is 11.6 Å². The van der Waals surface area contributed by atoms with Crippen molar-refractivity contribution in [3.05, 3.63) is 96.1 Å². The Morgan fingerprint density at radius 2 is 1.72 bits per heavy atom. The van der Waals surface area contributed by atoms with Crippen molar-refractivity contribution in [2.24, 2.45) is 0 Å². The second-order valence-electron chi connectivity index (χ2n) is 7.14. The minimum Gasteiger partial charge on any atom is -0.325 e. The summed E-state index contributed by atoms with van der Waals surface area (Å²) in [5.74, 6) is -0.456. The van der Waals surface area contributed by atoms with Gasteiger partial charge in [-0.3, -0.25) is 9.36 Å². The fourth-order valence-corrected chi connectivity index (χ4v) is 3.97. The third-order valence-corrected chi connectivity index (χ3v) is 5.83. The number of thioether (sulfide) groups is 1. The fraction of sp³-hybridized carbons (Fsp3) is 0.125. The van der Waals surface area contributed by atoms with Crippen molar-refractivity contribution in [1.82, 2.24) is 14.8 Å². The second-order valence-corrected chi connectivity index (χ2v) is 8.45. The Morgan fingerprint density at radius 3 is 2.44 bits per heavy atom. The number of amides is 1. The first kappa shape index (κ1) is 21.7. The highest BCUT2D eigenvalue weighted by atomic mass is 32.2. The van der Waals surface area contributed by atoms with E-state index in [0.29, 0.717) is 23.2 Å². The van der Waals surface area contributed by atoms with Crippen LogP contribution in [-0.4, -0.2) is 25.9 Å². The molecule has 0 aliphatic heterocycles. The normalized spacial score (nSPS) is 11.8. The summed E-state index contributed by atoms with van der Waals surface area (Å²) in [6, 6.07) is 21.6. The van der Waals surface area contributed by atoms with E-state index in [1.54, 1.807) is 25.1 Å². The lowest BCUT2D eigenvalue weighted by Crippen LogP contribution is -2.23. The number of aromatic nitrogens is 3. The third kappa shape index (κ3) is 5.20. The molecular weight excluding hydrogens is 430 g/mol. The van der Waals surface area contributed by atoms with Crippen molar-refractivity contribution in [3.8, 4) is 11.4 Å². The summed E-state index contributed by atoms with van der Waals surface area (Å²) in [7, 11) is 0. The van der Waals surface area contributed by atoms with Crippen molar-refractivity contribution in [1.29, 1.82) is 0 Å². The maximum atomic E-state index is 13.4. The molecule has 0 aliphatic rings. The number of nitrogens with one attached hydrogen (secondary N) is 1. The molecule has 3 aromatic carbocycles. The SMILES string of the molecule is CC(Sc1nnc(-c2ccc(F)cc2)n1Cc1ccccc1)C(=O)Nc1cccc(F)c1. The van der Waals surface area contributed by atoms with Crippen LogP contribution in [0.2, 0.25) is 0 Å². The van der Waals surface area contributed by atoms with E-state index in [4.69, 9.17) is 0 Å². The molecule has 1 atom stereocenters. The number of hydrogen-bond acceptors (Lipinski definition) is 4.